The summed E-state index contributed by atoms with van der Waals surface area (Å²) in [4.78, 5) is 11.0. The van der Waals surface area contributed by atoms with Gasteiger partial charge in [0.25, 0.3) is 0 Å². The highest BCUT2D eigenvalue weighted by Crippen LogP contribution is 2.12. The van der Waals surface area contributed by atoms with Crippen LogP contribution in [-0.2, 0) is 11.1 Å². The molecule has 1 aromatic carbocycles. The molecule has 2 amide bonds. The smallest absolute Gasteiger partial charge is 0.318 e. The van der Waals surface area contributed by atoms with Crippen molar-refractivity contribution in [2.45, 2.75) is 4.90 Å². The lowest BCUT2D eigenvalue weighted by atomic mass is 10.3. The number of hydrogen-bond donors (Lipinski definition) is 2. The molecular formula is C8H9N2O3S-. The van der Waals surface area contributed by atoms with Crippen molar-refractivity contribution >= 4 is 22.8 Å². The minimum Gasteiger partial charge on any atom is -0.768 e. The average Bonchev–Trinajstić information content (AvgIpc) is 2.18. The van der Waals surface area contributed by atoms with E-state index in [4.69, 9.17) is 0 Å². The molecule has 1 rings (SSSR count). The van der Waals surface area contributed by atoms with Gasteiger partial charge in [-0.15, -0.1) is 0 Å². The number of urea groups is 1. The molecule has 0 saturated heterocycles. The molecule has 0 heterocycles. The van der Waals surface area contributed by atoms with Crippen LogP contribution >= 0.6 is 0 Å². The minimum atomic E-state index is -2.28. The standard InChI is InChI=1S/C8H10N2O3S/c1-9-8(11)10-6-3-2-4-7(5-6)14(12)13/h2-5H,1H3,(H,12,13)(H2,9,10,11)/p-1. The Morgan fingerprint density at radius 3 is 2.79 bits per heavy atom. The van der Waals surface area contributed by atoms with Gasteiger partial charge in [0.15, 0.2) is 0 Å². The molecule has 0 aliphatic rings. The maximum Gasteiger partial charge on any atom is 0.318 e. The Bertz CT molecular complexity index is 367. The van der Waals surface area contributed by atoms with E-state index in [9.17, 15) is 13.6 Å². The highest BCUT2D eigenvalue weighted by molar-refractivity contribution is 7.79. The summed E-state index contributed by atoms with van der Waals surface area (Å²) in [5.41, 5.74) is 0.436. The summed E-state index contributed by atoms with van der Waals surface area (Å²) in [6, 6.07) is 5.58. The summed E-state index contributed by atoms with van der Waals surface area (Å²) < 4.78 is 21.2. The first-order valence-electron chi connectivity index (χ1n) is 3.81. The second kappa shape index (κ2) is 4.73. The van der Waals surface area contributed by atoms with E-state index in [1.54, 1.807) is 12.1 Å². The van der Waals surface area contributed by atoms with Gasteiger partial charge in [-0.3, -0.25) is 4.21 Å². The lowest BCUT2D eigenvalue weighted by Crippen LogP contribution is -2.24. The van der Waals surface area contributed by atoms with Crippen LogP contribution in [0.3, 0.4) is 0 Å². The van der Waals surface area contributed by atoms with Gasteiger partial charge in [0, 0.05) is 17.6 Å². The van der Waals surface area contributed by atoms with Crippen LogP contribution in [0.15, 0.2) is 29.2 Å². The second-order valence-electron chi connectivity index (χ2n) is 2.47. The molecule has 0 saturated carbocycles. The molecule has 0 bridgehead atoms. The molecule has 0 aliphatic carbocycles. The minimum absolute atomic E-state index is 0.138. The molecule has 14 heavy (non-hydrogen) atoms. The van der Waals surface area contributed by atoms with Gasteiger partial charge in [0.2, 0.25) is 0 Å². The first-order chi connectivity index (χ1) is 6.63. The molecule has 0 aliphatic heterocycles. The molecule has 2 N–H and O–H groups in total. The topological polar surface area (TPSA) is 81.3 Å². The maximum atomic E-state index is 10.9. The van der Waals surface area contributed by atoms with Crippen LogP contribution in [0.2, 0.25) is 0 Å². The number of rotatable bonds is 2. The number of anilines is 1. The fourth-order valence-corrected chi connectivity index (χ4v) is 1.28. The molecule has 1 unspecified atom stereocenters. The number of carbonyl (C=O) groups is 1. The summed E-state index contributed by atoms with van der Waals surface area (Å²) in [5, 5.41) is 4.82. The van der Waals surface area contributed by atoms with Gasteiger partial charge in [-0.05, 0) is 29.3 Å². The lowest BCUT2D eigenvalue weighted by molar-refractivity contribution is 0.254. The molecule has 0 aromatic heterocycles. The van der Waals surface area contributed by atoms with E-state index in [2.05, 4.69) is 10.6 Å². The van der Waals surface area contributed by atoms with E-state index < -0.39 is 11.1 Å². The van der Waals surface area contributed by atoms with E-state index in [-0.39, 0.29) is 10.9 Å². The van der Waals surface area contributed by atoms with E-state index in [0.29, 0.717) is 5.69 Å². The summed E-state index contributed by atoms with van der Waals surface area (Å²) in [6.07, 6.45) is 0. The Morgan fingerprint density at radius 2 is 2.21 bits per heavy atom. The van der Waals surface area contributed by atoms with E-state index in [1.165, 1.54) is 19.2 Å². The number of carbonyl (C=O) groups excluding carboxylic acids is 1. The highest BCUT2D eigenvalue weighted by Gasteiger charge is 1.99. The quantitative estimate of drug-likeness (QED) is 0.708. The number of hydrogen-bond acceptors (Lipinski definition) is 3. The molecule has 5 nitrogen and oxygen atoms in total. The van der Waals surface area contributed by atoms with Crippen LogP contribution in [0.5, 0.6) is 0 Å². The predicted molar refractivity (Wildman–Crippen MR) is 51.7 cm³/mol. The van der Waals surface area contributed by atoms with Crippen molar-refractivity contribution in [1.82, 2.24) is 5.32 Å². The monoisotopic (exact) mass is 213 g/mol. The SMILES string of the molecule is CNC(=O)Nc1cccc(S(=O)[O-])c1. The van der Waals surface area contributed by atoms with Crippen molar-refractivity contribution in [3.05, 3.63) is 24.3 Å². The van der Waals surface area contributed by atoms with Crippen molar-refractivity contribution in [1.29, 1.82) is 0 Å². The van der Waals surface area contributed by atoms with Crippen LogP contribution in [0.1, 0.15) is 0 Å². The number of nitrogens with one attached hydrogen (secondary N) is 2. The number of benzene rings is 1. The second-order valence-corrected chi connectivity index (χ2v) is 3.41. The summed E-state index contributed by atoms with van der Waals surface area (Å²) in [5.74, 6) is 0. The van der Waals surface area contributed by atoms with Crippen molar-refractivity contribution in [2.75, 3.05) is 12.4 Å². The molecule has 1 atom stereocenters. The number of amides is 2. The van der Waals surface area contributed by atoms with Gasteiger partial charge < -0.3 is 15.2 Å². The molecule has 6 heteroatoms. The van der Waals surface area contributed by atoms with Gasteiger partial charge in [-0.2, -0.15) is 0 Å². The highest BCUT2D eigenvalue weighted by atomic mass is 32.2. The Morgan fingerprint density at radius 1 is 1.50 bits per heavy atom. The van der Waals surface area contributed by atoms with Crippen LogP contribution in [0, 0.1) is 0 Å². The summed E-state index contributed by atoms with van der Waals surface area (Å²) >= 11 is -2.28. The van der Waals surface area contributed by atoms with Crippen LogP contribution in [0.4, 0.5) is 10.5 Å². The van der Waals surface area contributed by atoms with E-state index >= 15 is 0 Å². The Kier molecular flexibility index (Phi) is 3.61. The van der Waals surface area contributed by atoms with E-state index in [1.807, 2.05) is 0 Å². The molecule has 76 valence electrons. The normalized spacial score (nSPS) is 11.9. The molecule has 0 fully saturated rings. The van der Waals surface area contributed by atoms with Gasteiger partial charge in [-0.25, -0.2) is 4.79 Å². The van der Waals surface area contributed by atoms with Crippen LogP contribution in [-0.4, -0.2) is 21.8 Å². The zero-order valence-electron chi connectivity index (χ0n) is 7.44. The third-order valence-corrected chi connectivity index (χ3v) is 2.15. The zero-order chi connectivity index (χ0) is 10.6. The molecule has 1 aromatic rings. The van der Waals surface area contributed by atoms with Gasteiger partial charge >= 0.3 is 6.03 Å². The van der Waals surface area contributed by atoms with Crippen molar-refractivity contribution in [3.63, 3.8) is 0 Å². The Labute approximate surface area is 83.8 Å². The Hall–Kier alpha value is -1.40. The first kappa shape index (κ1) is 10.7. The summed E-state index contributed by atoms with van der Waals surface area (Å²) in [7, 11) is 1.48. The molecule has 0 spiro atoms. The van der Waals surface area contributed by atoms with Crippen molar-refractivity contribution in [3.8, 4) is 0 Å². The largest absolute Gasteiger partial charge is 0.768 e. The third kappa shape index (κ3) is 2.82. The zero-order valence-corrected chi connectivity index (χ0v) is 8.26. The van der Waals surface area contributed by atoms with E-state index in [0.717, 1.165) is 0 Å². The van der Waals surface area contributed by atoms with Gasteiger partial charge in [0.05, 0.1) is 0 Å². The maximum absolute atomic E-state index is 10.9. The predicted octanol–water partition coefficient (Wildman–Crippen LogP) is 0.676. The lowest BCUT2D eigenvalue weighted by Gasteiger charge is -2.08. The molecule has 0 radical (unpaired) electrons. The fraction of sp³-hybridized carbons (Fsp3) is 0.125. The fourth-order valence-electron chi connectivity index (χ4n) is 0.871. The molecular weight excluding hydrogens is 204 g/mol. The van der Waals surface area contributed by atoms with Crippen molar-refractivity contribution < 1.29 is 13.6 Å². The van der Waals surface area contributed by atoms with Crippen LogP contribution in [0.25, 0.3) is 0 Å². The average molecular weight is 213 g/mol. The van der Waals surface area contributed by atoms with Gasteiger partial charge in [-0.1, -0.05) is 6.07 Å². The third-order valence-electron chi connectivity index (χ3n) is 1.51. The summed E-state index contributed by atoms with van der Waals surface area (Å²) in [6.45, 7) is 0. The van der Waals surface area contributed by atoms with Crippen molar-refractivity contribution in [2.24, 2.45) is 0 Å². The van der Waals surface area contributed by atoms with Gasteiger partial charge in [0.1, 0.15) is 0 Å². The van der Waals surface area contributed by atoms with Crippen LogP contribution < -0.4 is 10.6 Å². The Balaban J connectivity index is 2.83. The first-order valence-corrected chi connectivity index (χ1v) is 4.89.